The van der Waals surface area contributed by atoms with Crippen LogP contribution in [0.15, 0.2) is 48.5 Å². The summed E-state index contributed by atoms with van der Waals surface area (Å²) in [6.45, 7) is 1.97. The number of rotatable bonds is 5. The van der Waals surface area contributed by atoms with Gasteiger partial charge in [-0.1, -0.05) is 23.8 Å². The molecule has 2 rings (SSSR count). The highest BCUT2D eigenvalue weighted by molar-refractivity contribution is 6.07. The molecule has 2 aromatic rings. The number of allylic oxidation sites excluding steroid dienone is 1. The largest absolute Gasteiger partial charge is 0.497 e. The molecule has 0 aliphatic carbocycles. The van der Waals surface area contributed by atoms with Gasteiger partial charge in [-0.2, -0.15) is 0 Å². The fourth-order valence-electron chi connectivity index (χ4n) is 2.02. The van der Waals surface area contributed by atoms with Crippen molar-refractivity contribution in [2.75, 3.05) is 14.2 Å². The highest BCUT2D eigenvalue weighted by Crippen LogP contribution is 2.25. The lowest BCUT2D eigenvalue weighted by molar-refractivity contribution is 0.104. The third kappa shape index (κ3) is 3.72. The molecule has 0 unspecified atom stereocenters. The molecule has 0 spiro atoms. The highest BCUT2D eigenvalue weighted by atomic mass is 16.5. The maximum Gasteiger partial charge on any atom is 0.185 e. The van der Waals surface area contributed by atoms with Gasteiger partial charge in [-0.05, 0) is 37.3 Å². The van der Waals surface area contributed by atoms with Gasteiger partial charge in [0.05, 0.1) is 14.2 Å². The lowest BCUT2D eigenvalue weighted by Gasteiger charge is -2.07. The fraction of sp³-hybridized carbons (Fsp3) is 0.167. The number of benzene rings is 2. The van der Waals surface area contributed by atoms with E-state index >= 15 is 0 Å². The minimum atomic E-state index is -0.0310. The zero-order chi connectivity index (χ0) is 15.2. The molecule has 0 aromatic heterocycles. The molecule has 0 heterocycles. The quantitative estimate of drug-likeness (QED) is 0.616. The molecule has 0 atom stereocenters. The zero-order valence-electron chi connectivity index (χ0n) is 12.4. The molecule has 0 fully saturated rings. The summed E-state index contributed by atoms with van der Waals surface area (Å²) < 4.78 is 10.5. The first-order valence-electron chi connectivity index (χ1n) is 6.65. The first kappa shape index (κ1) is 14.9. The Kier molecular flexibility index (Phi) is 4.77. The summed E-state index contributed by atoms with van der Waals surface area (Å²) in [6, 6.07) is 13.0. The van der Waals surface area contributed by atoms with Crippen molar-refractivity contribution in [2.24, 2.45) is 0 Å². The predicted molar refractivity (Wildman–Crippen MR) is 84.1 cm³/mol. The lowest BCUT2D eigenvalue weighted by atomic mass is 10.1. The molecule has 108 valence electrons. The lowest BCUT2D eigenvalue weighted by Crippen LogP contribution is -1.95. The summed E-state index contributed by atoms with van der Waals surface area (Å²) in [4.78, 5) is 12.1. The number of carbonyl (C=O) groups is 1. The van der Waals surface area contributed by atoms with E-state index in [4.69, 9.17) is 9.47 Å². The Labute approximate surface area is 124 Å². The monoisotopic (exact) mass is 282 g/mol. The Morgan fingerprint density at radius 3 is 2.52 bits per heavy atom. The SMILES string of the molecule is COc1ccc(/C=C/C(=O)c2cccc(C)c2)c(OC)c1. The van der Waals surface area contributed by atoms with Gasteiger partial charge in [-0.3, -0.25) is 4.79 Å². The van der Waals surface area contributed by atoms with E-state index < -0.39 is 0 Å². The second-order valence-electron chi connectivity index (χ2n) is 4.67. The minimum absolute atomic E-state index is 0.0310. The van der Waals surface area contributed by atoms with Gasteiger partial charge in [-0.15, -0.1) is 0 Å². The van der Waals surface area contributed by atoms with Crippen LogP contribution in [-0.2, 0) is 0 Å². The number of aryl methyl sites for hydroxylation is 1. The van der Waals surface area contributed by atoms with Crippen LogP contribution in [0.25, 0.3) is 6.08 Å². The molecule has 21 heavy (non-hydrogen) atoms. The number of ether oxygens (including phenoxy) is 2. The predicted octanol–water partition coefficient (Wildman–Crippen LogP) is 3.91. The first-order chi connectivity index (χ1) is 10.1. The first-order valence-corrected chi connectivity index (χ1v) is 6.65. The van der Waals surface area contributed by atoms with E-state index in [0.717, 1.165) is 11.1 Å². The second kappa shape index (κ2) is 6.75. The number of carbonyl (C=O) groups excluding carboxylic acids is 1. The van der Waals surface area contributed by atoms with Crippen molar-refractivity contribution in [1.29, 1.82) is 0 Å². The fourth-order valence-corrected chi connectivity index (χ4v) is 2.02. The van der Waals surface area contributed by atoms with Crippen molar-refractivity contribution < 1.29 is 14.3 Å². The zero-order valence-corrected chi connectivity index (χ0v) is 12.4. The number of methoxy groups -OCH3 is 2. The van der Waals surface area contributed by atoms with Gasteiger partial charge in [0.1, 0.15) is 11.5 Å². The minimum Gasteiger partial charge on any atom is -0.497 e. The third-order valence-corrected chi connectivity index (χ3v) is 3.16. The van der Waals surface area contributed by atoms with E-state index in [1.165, 1.54) is 0 Å². The van der Waals surface area contributed by atoms with E-state index in [0.29, 0.717) is 17.1 Å². The molecule has 0 saturated heterocycles. The van der Waals surface area contributed by atoms with Gasteiger partial charge >= 0.3 is 0 Å². The topological polar surface area (TPSA) is 35.5 Å². The van der Waals surface area contributed by atoms with Crippen molar-refractivity contribution in [3.05, 3.63) is 65.2 Å². The summed E-state index contributed by atoms with van der Waals surface area (Å²) in [5, 5.41) is 0. The Hall–Kier alpha value is -2.55. The van der Waals surface area contributed by atoms with Crippen LogP contribution in [0.2, 0.25) is 0 Å². The number of ketones is 1. The molecule has 0 bridgehead atoms. The van der Waals surface area contributed by atoms with Crippen LogP contribution >= 0.6 is 0 Å². The Morgan fingerprint density at radius 1 is 1.05 bits per heavy atom. The highest BCUT2D eigenvalue weighted by Gasteiger charge is 2.04. The maximum absolute atomic E-state index is 12.1. The van der Waals surface area contributed by atoms with Crippen LogP contribution in [0, 0.1) is 6.92 Å². The summed E-state index contributed by atoms with van der Waals surface area (Å²) in [5.41, 5.74) is 2.58. The number of hydrogen-bond donors (Lipinski definition) is 0. The average Bonchev–Trinajstić information content (AvgIpc) is 2.52. The van der Waals surface area contributed by atoms with Gasteiger partial charge in [0.15, 0.2) is 5.78 Å². The summed E-state index contributed by atoms with van der Waals surface area (Å²) in [5.74, 6) is 1.35. The van der Waals surface area contributed by atoms with Crippen molar-refractivity contribution in [3.8, 4) is 11.5 Å². The van der Waals surface area contributed by atoms with Crippen LogP contribution in [0.3, 0.4) is 0 Å². The van der Waals surface area contributed by atoms with Gasteiger partial charge in [0, 0.05) is 17.2 Å². The maximum atomic E-state index is 12.1. The summed E-state index contributed by atoms with van der Waals surface area (Å²) in [6.07, 6.45) is 3.31. The molecule has 0 aliphatic rings. The van der Waals surface area contributed by atoms with Crippen LogP contribution in [0.5, 0.6) is 11.5 Å². The van der Waals surface area contributed by atoms with E-state index in [9.17, 15) is 4.79 Å². The van der Waals surface area contributed by atoms with Gasteiger partial charge < -0.3 is 9.47 Å². The molecule has 0 N–H and O–H groups in total. The van der Waals surface area contributed by atoms with Crippen LogP contribution in [-0.4, -0.2) is 20.0 Å². The van der Waals surface area contributed by atoms with Crippen molar-refractivity contribution in [3.63, 3.8) is 0 Å². The molecule has 3 nitrogen and oxygen atoms in total. The van der Waals surface area contributed by atoms with E-state index in [1.54, 1.807) is 32.4 Å². The standard InChI is InChI=1S/C18H18O3/c1-13-5-4-6-15(11-13)17(19)10-8-14-7-9-16(20-2)12-18(14)21-3/h4-12H,1-3H3/b10-8+. The van der Waals surface area contributed by atoms with Crippen molar-refractivity contribution >= 4 is 11.9 Å². The molecular formula is C18H18O3. The van der Waals surface area contributed by atoms with Crippen molar-refractivity contribution in [1.82, 2.24) is 0 Å². The summed E-state index contributed by atoms with van der Waals surface area (Å²) >= 11 is 0. The molecule has 0 amide bonds. The van der Waals surface area contributed by atoms with Crippen molar-refractivity contribution in [2.45, 2.75) is 6.92 Å². The second-order valence-corrected chi connectivity index (χ2v) is 4.67. The molecule has 0 radical (unpaired) electrons. The smallest absolute Gasteiger partial charge is 0.185 e. The number of hydrogen-bond acceptors (Lipinski definition) is 3. The van der Waals surface area contributed by atoms with Gasteiger partial charge in [-0.25, -0.2) is 0 Å². The van der Waals surface area contributed by atoms with E-state index in [1.807, 2.05) is 43.3 Å². The molecular weight excluding hydrogens is 264 g/mol. The van der Waals surface area contributed by atoms with Gasteiger partial charge in [0.2, 0.25) is 0 Å². The molecule has 0 saturated carbocycles. The molecule has 2 aromatic carbocycles. The Bertz CT molecular complexity index is 672. The molecule has 0 aliphatic heterocycles. The molecule has 3 heteroatoms. The van der Waals surface area contributed by atoms with Crippen LogP contribution in [0.4, 0.5) is 0 Å². The van der Waals surface area contributed by atoms with E-state index in [-0.39, 0.29) is 5.78 Å². The summed E-state index contributed by atoms with van der Waals surface area (Å²) in [7, 11) is 3.19. The average molecular weight is 282 g/mol. The normalized spacial score (nSPS) is 10.6. The van der Waals surface area contributed by atoms with Gasteiger partial charge in [0.25, 0.3) is 0 Å². The third-order valence-electron chi connectivity index (χ3n) is 3.16. The Balaban J connectivity index is 2.23. The van der Waals surface area contributed by atoms with Crippen LogP contribution < -0.4 is 9.47 Å². The Morgan fingerprint density at radius 2 is 1.86 bits per heavy atom. The van der Waals surface area contributed by atoms with E-state index in [2.05, 4.69) is 0 Å². The van der Waals surface area contributed by atoms with Crippen LogP contribution in [0.1, 0.15) is 21.5 Å².